The Balaban J connectivity index is 1.55. The summed E-state index contributed by atoms with van der Waals surface area (Å²) in [6, 6.07) is 10.7. The molecular weight excluding hydrogens is 312 g/mol. The second-order valence-electron chi connectivity index (χ2n) is 6.60. The summed E-state index contributed by atoms with van der Waals surface area (Å²) >= 11 is 0. The normalized spacial score (nSPS) is 24.6. The summed E-state index contributed by atoms with van der Waals surface area (Å²) in [4.78, 5) is 16.6. The summed E-state index contributed by atoms with van der Waals surface area (Å²) in [5, 5.41) is 0. The average Bonchev–Trinajstić information content (AvgIpc) is 2.94. The van der Waals surface area contributed by atoms with Crippen LogP contribution in [0.5, 0.6) is 0 Å². The largest absolute Gasteiger partial charge is 0.371 e. The molecule has 2 aliphatic heterocycles. The highest BCUT2D eigenvalue weighted by Gasteiger charge is 2.36. The minimum absolute atomic E-state index is 0.0342. The molecule has 2 saturated heterocycles. The third-order valence-corrected chi connectivity index (χ3v) is 6.84. The van der Waals surface area contributed by atoms with Gasteiger partial charge in [0, 0.05) is 31.9 Å². The lowest BCUT2D eigenvalue weighted by molar-refractivity contribution is -0.135. The Morgan fingerprint density at radius 3 is 2.35 bits per heavy atom. The van der Waals surface area contributed by atoms with Gasteiger partial charge < -0.3 is 9.80 Å². The van der Waals surface area contributed by atoms with Crippen LogP contribution >= 0.6 is 0 Å². The standard InChI is InChI=1S/C17H24N2O3S/c1-18(15-5-3-2-4-6-15)16-7-10-19(11-8-16)17(20)14-9-12-23(21,22)13-14/h2-6,14,16H,7-13H2,1H3. The monoisotopic (exact) mass is 336 g/mol. The number of sulfone groups is 1. The fourth-order valence-corrected chi connectivity index (χ4v) is 5.33. The van der Waals surface area contributed by atoms with Gasteiger partial charge in [0.1, 0.15) is 0 Å². The Labute approximate surface area is 138 Å². The highest BCUT2D eigenvalue weighted by molar-refractivity contribution is 7.91. The van der Waals surface area contributed by atoms with E-state index in [2.05, 4.69) is 24.1 Å². The van der Waals surface area contributed by atoms with Crippen LogP contribution < -0.4 is 4.90 Å². The molecule has 0 aromatic heterocycles. The van der Waals surface area contributed by atoms with Crippen LogP contribution in [-0.2, 0) is 14.6 Å². The molecule has 0 N–H and O–H groups in total. The van der Waals surface area contributed by atoms with Crippen LogP contribution in [0.1, 0.15) is 19.3 Å². The number of hydrogen-bond donors (Lipinski definition) is 0. The first kappa shape index (κ1) is 16.3. The maximum atomic E-state index is 12.5. The third kappa shape index (κ3) is 3.68. The molecular formula is C17H24N2O3S. The molecule has 1 aromatic rings. The number of piperidine rings is 1. The fraction of sp³-hybridized carbons (Fsp3) is 0.588. The Kier molecular flexibility index (Phi) is 4.62. The van der Waals surface area contributed by atoms with Crippen LogP contribution in [0.15, 0.2) is 30.3 Å². The van der Waals surface area contributed by atoms with E-state index in [0.717, 1.165) is 25.9 Å². The summed E-state index contributed by atoms with van der Waals surface area (Å²) < 4.78 is 23.1. The number of amides is 1. The van der Waals surface area contributed by atoms with Crippen molar-refractivity contribution < 1.29 is 13.2 Å². The molecule has 3 rings (SSSR count). The number of para-hydroxylation sites is 1. The molecule has 2 heterocycles. The van der Waals surface area contributed by atoms with Crippen LogP contribution in [0.2, 0.25) is 0 Å². The highest BCUT2D eigenvalue weighted by Crippen LogP contribution is 2.25. The summed E-state index contributed by atoms with van der Waals surface area (Å²) in [5.74, 6) is -0.0814. The van der Waals surface area contributed by atoms with Crippen molar-refractivity contribution in [1.82, 2.24) is 4.90 Å². The number of nitrogens with zero attached hydrogens (tertiary/aromatic N) is 2. The Hall–Kier alpha value is -1.56. The SMILES string of the molecule is CN(c1ccccc1)C1CCN(C(=O)C2CCS(=O)(=O)C2)CC1. The van der Waals surface area contributed by atoms with E-state index in [1.54, 1.807) is 0 Å². The number of carbonyl (C=O) groups excluding carboxylic acids is 1. The molecule has 0 spiro atoms. The van der Waals surface area contributed by atoms with Gasteiger partial charge in [-0.3, -0.25) is 4.79 Å². The van der Waals surface area contributed by atoms with Gasteiger partial charge in [0.2, 0.25) is 5.91 Å². The zero-order valence-corrected chi connectivity index (χ0v) is 14.3. The first-order chi connectivity index (χ1) is 11.0. The fourth-order valence-electron chi connectivity index (χ4n) is 3.60. The van der Waals surface area contributed by atoms with Crippen molar-refractivity contribution in [2.75, 3.05) is 36.5 Å². The molecule has 126 valence electrons. The molecule has 0 bridgehead atoms. The average molecular weight is 336 g/mol. The minimum atomic E-state index is -3.00. The van der Waals surface area contributed by atoms with Gasteiger partial charge in [-0.1, -0.05) is 18.2 Å². The highest BCUT2D eigenvalue weighted by atomic mass is 32.2. The van der Waals surface area contributed by atoms with Crippen molar-refractivity contribution in [3.05, 3.63) is 30.3 Å². The lowest BCUT2D eigenvalue weighted by Crippen LogP contribution is -2.47. The maximum absolute atomic E-state index is 12.5. The van der Waals surface area contributed by atoms with Gasteiger partial charge in [-0.05, 0) is 31.4 Å². The topological polar surface area (TPSA) is 57.7 Å². The number of anilines is 1. The van der Waals surface area contributed by atoms with E-state index in [9.17, 15) is 13.2 Å². The summed E-state index contributed by atoms with van der Waals surface area (Å²) in [6.45, 7) is 1.44. The van der Waals surface area contributed by atoms with Gasteiger partial charge in [0.15, 0.2) is 9.84 Å². The van der Waals surface area contributed by atoms with E-state index >= 15 is 0 Å². The van der Waals surface area contributed by atoms with E-state index in [4.69, 9.17) is 0 Å². The Bertz CT molecular complexity index is 652. The molecule has 0 radical (unpaired) electrons. The van der Waals surface area contributed by atoms with Crippen molar-refractivity contribution in [2.45, 2.75) is 25.3 Å². The molecule has 2 fully saturated rings. The summed E-state index contributed by atoms with van der Waals surface area (Å²) in [5.41, 5.74) is 1.19. The molecule has 0 aliphatic carbocycles. The van der Waals surface area contributed by atoms with Crippen LogP contribution in [0.25, 0.3) is 0 Å². The molecule has 1 aromatic carbocycles. The zero-order chi connectivity index (χ0) is 16.4. The molecule has 23 heavy (non-hydrogen) atoms. The molecule has 1 atom stereocenters. The van der Waals surface area contributed by atoms with Gasteiger partial charge >= 0.3 is 0 Å². The van der Waals surface area contributed by atoms with Crippen molar-refractivity contribution in [1.29, 1.82) is 0 Å². The van der Waals surface area contributed by atoms with E-state index < -0.39 is 9.84 Å². The first-order valence-corrected chi connectivity index (χ1v) is 10.1. The molecule has 1 amide bonds. The van der Waals surface area contributed by atoms with Gasteiger partial charge in [-0.15, -0.1) is 0 Å². The lowest BCUT2D eigenvalue weighted by atomic mass is 10.00. The van der Waals surface area contributed by atoms with Crippen LogP contribution in [0.3, 0.4) is 0 Å². The maximum Gasteiger partial charge on any atom is 0.226 e. The molecule has 6 heteroatoms. The summed E-state index contributed by atoms with van der Waals surface area (Å²) in [6.07, 6.45) is 2.35. The number of hydrogen-bond acceptors (Lipinski definition) is 4. The lowest BCUT2D eigenvalue weighted by Gasteiger charge is -2.38. The molecule has 5 nitrogen and oxygen atoms in total. The van der Waals surface area contributed by atoms with E-state index in [0.29, 0.717) is 12.5 Å². The number of benzene rings is 1. The van der Waals surface area contributed by atoms with Gasteiger partial charge in [-0.25, -0.2) is 8.42 Å². The molecule has 1 unspecified atom stereocenters. The first-order valence-electron chi connectivity index (χ1n) is 8.23. The van der Waals surface area contributed by atoms with Gasteiger partial charge in [-0.2, -0.15) is 0 Å². The third-order valence-electron chi connectivity index (χ3n) is 5.07. The van der Waals surface area contributed by atoms with Crippen molar-refractivity contribution in [2.24, 2.45) is 5.92 Å². The predicted octanol–water partition coefficient (Wildman–Crippen LogP) is 1.55. The van der Waals surface area contributed by atoms with Gasteiger partial charge in [0.05, 0.1) is 17.4 Å². The van der Waals surface area contributed by atoms with E-state index in [1.165, 1.54) is 5.69 Å². The minimum Gasteiger partial charge on any atom is -0.371 e. The second-order valence-corrected chi connectivity index (χ2v) is 8.83. The quantitative estimate of drug-likeness (QED) is 0.840. The van der Waals surface area contributed by atoms with Crippen LogP contribution in [-0.4, -0.2) is 56.9 Å². The number of rotatable bonds is 3. The van der Waals surface area contributed by atoms with Crippen LogP contribution in [0, 0.1) is 5.92 Å². The van der Waals surface area contributed by atoms with Crippen molar-refractivity contribution in [3.8, 4) is 0 Å². The Morgan fingerprint density at radius 1 is 1.13 bits per heavy atom. The number of carbonyl (C=O) groups is 1. The molecule has 2 aliphatic rings. The Morgan fingerprint density at radius 2 is 1.78 bits per heavy atom. The van der Waals surface area contributed by atoms with Crippen LogP contribution in [0.4, 0.5) is 5.69 Å². The van der Waals surface area contributed by atoms with Crippen molar-refractivity contribution >= 4 is 21.4 Å². The summed E-state index contributed by atoms with van der Waals surface area (Å²) in [7, 11) is -0.897. The van der Waals surface area contributed by atoms with Gasteiger partial charge in [0.25, 0.3) is 0 Å². The molecule has 0 saturated carbocycles. The van der Waals surface area contributed by atoms with Crippen molar-refractivity contribution in [3.63, 3.8) is 0 Å². The second kappa shape index (κ2) is 6.51. The number of likely N-dealkylation sites (tertiary alicyclic amines) is 1. The zero-order valence-electron chi connectivity index (χ0n) is 13.5. The predicted molar refractivity (Wildman–Crippen MR) is 91.2 cm³/mol. The van der Waals surface area contributed by atoms with E-state index in [1.807, 2.05) is 23.1 Å². The van der Waals surface area contributed by atoms with E-state index in [-0.39, 0.29) is 23.3 Å². The smallest absolute Gasteiger partial charge is 0.226 e.